The van der Waals surface area contributed by atoms with Crippen molar-refractivity contribution >= 4 is 0 Å². The lowest BCUT2D eigenvalue weighted by Crippen LogP contribution is -2.28. The molecule has 2 atom stereocenters. The first-order valence-corrected chi connectivity index (χ1v) is 25.8. The zero-order valence-corrected chi connectivity index (χ0v) is 40.8. The third-order valence-corrected chi connectivity index (χ3v) is 16.1. The molecule has 4 aliphatic carbocycles. The zero-order chi connectivity index (χ0) is 49.5. The molecule has 0 N–H and O–H groups in total. The predicted octanol–water partition coefficient (Wildman–Crippen LogP) is 16.6. The van der Waals surface area contributed by atoms with E-state index in [2.05, 4.69) is 254 Å². The van der Waals surface area contributed by atoms with Crippen LogP contribution in [0.15, 0.2) is 267 Å². The summed E-state index contributed by atoms with van der Waals surface area (Å²) in [6.07, 6.45) is 3.74. The smallest absolute Gasteiger partial charge is 0.164 e. The molecule has 12 aromatic rings. The van der Waals surface area contributed by atoms with E-state index in [1.54, 1.807) is 0 Å². The topological polar surface area (TPSA) is 51.6 Å². The summed E-state index contributed by atoms with van der Waals surface area (Å²) < 4.78 is 0. The van der Waals surface area contributed by atoms with Gasteiger partial charge in [0.15, 0.2) is 17.5 Å². The fourth-order valence-electron chi connectivity index (χ4n) is 12.8. The third kappa shape index (κ3) is 6.76. The highest BCUT2D eigenvalue weighted by atomic mass is 15.0. The number of nitrogens with zero attached hydrogens (tertiary/aromatic N) is 4. The monoisotopic (exact) mass is 954 g/mol. The molecule has 350 valence electrons. The van der Waals surface area contributed by atoms with E-state index in [0.29, 0.717) is 17.5 Å². The predicted molar refractivity (Wildman–Crippen MR) is 302 cm³/mol. The minimum absolute atomic E-state index is 0.0578. The van der Waals surface area contributed by atoms with Gasteiger partial charge in [0.05, 0.1) is 5.41 Å². The van der Waals surface area contributed by atoms with Gasteiger partial charge in [0.25, 0.3) is 0 Å². The molecule has 4 nitrogen and oxygen atoms in total. The highest BCUT2D eigenvalue weighted by molar-refractivity contribution is 5.94. The highest BCUT2D eigenvalue weighted by Crippen LogP contribution is 2.59. The second kappa shape index (κ2) is 17.3. The number of benzene rings is 10. The Morgan fingerprint density at radius 1 is 0.280 bits per heavy atom. The third-order valence-electron chi connectivity index (χ3n) is 16.1. The Bertz CT molecular complexity index is 4110. The molecule has 2 aromatic heterocycles. The van der Waals surface area contributed by atoms with Crippen LogP contribution in [-0.4, -0.2) is 19.9 Å². The molecule has 0 spiro atoms. The average Bonchev–Trinajstić information content (AvgIpc) is 3.88. The van der Waals surface area contributed by atoms with E-state index >= 15 is 0 Å². The van der Waals surface area contributed by atoms with Crippen molar-refractivity contribution in [1.82, 2.24) is 19.9 Å². The molecule has 0 fully saturated rings. The lowest BCUT2D eigenvalue weighted by Gasteiger charge is -2.42. The van der Waals surface area contributed by atoms with Gasteiger partial charge in [0.1, 0.15) is 0 Å². The van der Waals surface area contributed by atoms with Gasteiger partial charge in [-0.25, -0.2) is 15.0 Å². The van der Waals surface area contributed by atoms with Crippen molar-refractivity contribution in [3.05, 3.63) is 323 Å². The molecule has 2 unspecified atom stereocenters. The summed E-state index contributed by atoms with van der Waals surface area (Å²) in [5, 5.41) is 0. The first kappa shape index (κ1) is 43.0. The molecule has 2 heterocycles. The number of pyridine rings is 1. The molecule has 4 heteroatoms. The molecule has 16 rings (SSSR count). The van der Waals surface area contributed by atoms with Crippen molar-refractivity contribution in [3.63, 3.8) is 0 Å². The lowest BCUT2D eigenvalue weighted by molar-refractivity contribution is 0.755. The van der Waals surface area contributed by atoms with Crippen LogP contribution in [0.3, 0.4) is 0 Å². The Morgan fingerprint density at radius 3 is 1.36 bits per heavy atom. The first-order chi connectivity index (χ1) is 37.2. The highest BCUT2D eigenvalue weighted by Gasteiger charge is 2.47. The maximum atomic E-state index is 5.55. The van der Waals surface area contributed by atoms with Gasteiger partial charge in [0, 0.05) is 40.9 Å². The molecular weight excluding hydrogens is 909 g/mol. The Morgan fingerprint density at radius 2 is 0.720 bits per heavy atom. The van der Waals surface area contributed by atoms with Crippen LogP contribution in [-0.2, 0) is 5.41 Å². The summed E-state index contributed by atoms with van der Waals surface area (Å²) in [6, 6.07) is 92.7. The van der Waals surface area contributed by atoms with Crippen molar-refractivity contribution in [2.45, 2.75) is 17.3 Å². The van der Waals surface area contributed by atoms with E-state index in [0.717, 1.165) is 44.5 Å². The van der Waals surface area contributed by atoms with Crippen LogP contribution in [0, 0.1) is 0 Å². The molecule has 75 heavy (non-hydrogen) atoms. The molecular formula is C71H46N4. The van der Waals surface area contributed by atoms with Gasteiger partial charge < -0.3 is 0 Å². The summed E-state index contributed by atoms with van der Waals surface area (Å²) in [7, 11) is 0. The molecule has 0 aliphatic heterocycles. The van der Waals surface area contributed by atoms with Crippen LogP contribution in [0.1, 0.15) is 67.5 Å². The lowest BCUT2D eigenvalue weighted by atomic mass is 9.60. The summed E-state index contributed by atoms with van der Waals surface area (Å²) in [6.45, 7) is 0. The van der Waals surface area contributed by atoms with Crippen molar-refractivity contribution in [3.8, 4) is 78.7 Å². The van der Waals surface area contributed by atoms with Gasteiger partial charge in [-0.3, -0.25) is 4.98 Å². The minimum atomic E-state index is -0.563. The van der Waals surface area contributed by atoms with Crippen molar-refractivity contribution in [2.24, 2.45) is 0 Å². The quantitative estimate of drug-likeness (QED) is 0.152. The van der Waals surface area contributed by atoms with Gasteiger partial charge in [-0.1, -0.05) is 237 Å². The van der Waals surface area contributed by atoms with Gasteiger partial charge in [0.2, 0.25) is 0 Å². The normalized spacial score (nSPS) is 15.0. The van der Waals surface area contributed by atoms with Crippen LogP contribution >= 0.6 is 0 Å². The van der Waals surface area contributed by atoms with E-state index in [1.807, 2.05) is 18.5 Å². The Kier molecular flexibility index (Phi) is 9.89. The maximum Gasteiger partial charge on any atom is 0.164 e. The molecule has 2 bridgehead atoms. The van der Waals surface area contributed by atoms with Crippen molar-refractivity contribution in [1.29, 1.82) is 0 Å². The molecule has 0 saturated heterocycles. The standard InChI is InChI=1S/C71H46N4/c1-4-16-45(17-5-1)46-33-35-49(36-34-46)68-73-69(75-70(74-68)60-26-14-28-64-67(60)59-25-12-13-27-63(59)71(64,53-19-6-2-7-20-53)54-21-8-3-9-22-54)51-38-40-58-62(43-51)66-56-24-11-10-23-55(56)65(58)61-42-50(37-39-57(61)66)47-29-31-48(32-30-47)52-18-15-41-72-44-52/h1-44,65-66H. The number of rotatable bonds is 8. The average molecular weight is 955 g/mol. The van der Waals surface area contributed by atoms with E-state index in [-0.39, 0.29) is 11.8 Å². The fourth-order valence-corrected chi connectivity index (χ4v) is 12.8. The van der Waals surface area contributed by atoms with Crippen LogP contribution in [0.25, 0.3) is 78.7 Å². The van der Waals surface area contributed by atoms with Gasteiger partial charge in [-0.05, 0) is 118 Å². The number of aromatic nitrogens is 4. The summed E-state index contributed by atoms with van der Waals surface area (Å²) >= 11 is 0. The minimum Gasteiger partial charge on any atom is -0.264 e. The molecule has 4 aliphatic rings. The van der Waals surface area contributed by atoms with Gasteiger partial charge in [-0.15, -0.1) is 0 Å². The van der Waals surface area contributed by atoms with E-state index in [1.165, 1.54) is 72.3 Å². The first-order valence-electron chi connectivity index (χ1n) is 25.8. The number of fused-ring (bicyclic) bond motifs is 3. The molecule has 0 saturated carbocycles. The van der Waals surface area contributed by atoms with E-state index in [4.69, 9.17) is 15.0 Å². The van der Waals surface area contributed by atoms with Crippen LogP contribution in [0.5, 0.6) is 0 Å². The van der Waals surface area contributed by atoms with Gasteiger partial charge in [-0.2, -0.15) is 0 Å². The van der Waals surface area contributed by atoms with Crippen LogP contribution in [0.4, 0.5) is 0 Å². The van der Waals surface area contributed by atoms with Crippen molar-refractivity contribution < 1.29 is 0 Å². The van der Waals surface area contributed by atoms with E-state index in [9.17, 15) is 0 Å². The maximum absolute atomic E-state index is 5.55. The summed E-state index contributed by atoms with van der Waals surface area (Å²) in [4.78, 5) is 20.8. The largest absolute Gasteiger partial charge is 0.264 e. The summed E-state index contributed by atoms with van der Waals surface area (Å²) in [5.41, 5.74) is 24.6. The molecule has 0 radical (unpaired) electrons. The van der Waals surface area contributed by atoms with Crippen LogP contribution in [0.2, 0.25) is 0 Å². The number of hydrogen-bond donors (Lipinski definition) is 0. The second-order valence-electron chi connectivity index (χ2n) is 20.0. The SMILES string of the molecule is c1ccc(-c2ccc(-c3nc(-c4ccc5c(c4)C4c6ccccc6C5c5cc(-c6ccc(-c7cccnc7)cc6)ccc54)nc(-c4cccc5c4-c4ccccc4C5(c4ccccc4)c4ccccc4)n3)cc2)cc1. The second-order valence-corrected chi connectivity index (χ2v) is 20.0. The van der Waals surface area contributed by atoms with E-state index < -0.39 is 5.41 Å². The Balaban J connectivity index is 0.892. The Hall–Kier alpha value is -9.64. The molecule has 0 amide bonds. The fraction of sp³-hybridized carbons (Fsp3) is 0.0423. The summed E-state index contributed by atoms with van der Waals surface area (Å²) in [5.74, 6) is 2.07. The van der Waals surface area contributed by atoms with Crippen LogP contribution < -0.4 is 0 Å². The molecule has 10 aromatic carbocycles. The Labute approximate surface area is 436 Å². The number of hydrogen-bond acceptors (Lipinski definition) is 4. The zero-order valence-electron chi connectivity index (χ0n) is 40.8. The van der Waals surface area contributed by atoms with Gasteiger partial charge >= 0.3 is 0 Å². The van der Waals surface area contributed by atoms with Crippen molar-refractivity contribution in [2.75, 3.05) is 0 Å².